The smallest absolute Gasteiger partial charge is 0.224 e. The summed E-state index contributed by atoms with van der Waals surface area (Å²) in [6, 6.07) is 6.89. The van der Waals surface area contributed by atoms with Crippen LogP contribution in [0, 0.1) is 5.41 Å². The molecule has 1 saturated carbocycles. The van der Waals surface area contributed by atoms with Crippen molar-refractivity contribution >= 4 is 23.3 Å². The van der Waals surface area contributed by atoms with E-state index in [1.165, 1.54) is 6.92 Å². The number of nitrogens with one attached hydrogen (secondary N) is 1. The molecule has 0 atom stereocenters. The first-order valence-electron chi connectivity index (χ1n) is 8.42. The molecule has 0 heterocycles. The largest absolute Gasteiger partial charge is 0.349 e. The Hall–Kier alpha value is -2.17. The van der Waals surface area contributed by atoms with Crippen molar-refractivity contribution in [2.75, 3.05) is 19.4 Å². The maximum atomic E-state index is 12.4. The highest BCUT2D eigenvalue weighted by Gasteiger charge is 2.38. The number of amides is 2. The van der Waals surface area contributed by atoms with Crippen LogP contribution in [0.1, 0.15) is 55.8 Å². The Kier molecular flexibility index (Phi) is 5.75. The standard InChI is InChI=1S/C19H26N2O3/c1-14(22)15-6-8-16(9-7-15)20-17(23)12-19(10-4-5-11-19)13-18(24)21(2)3/h6-9H,4-5,10-13H2,1-3H3,(H,20,23). The van der Waals surface area contributed by atoms with Crippen LogP contribution in [0.25, 0.3) is 0 Å². The number of benzene rings is 1. The van der Waals surface area contributed by atoms with Crippen molar-refractivity contribution in [1.29, 1.82) is 0 Å². The molecule has 2 rings (SSSR count). The number of carbonyl (C=O) groups is 3. The van der Waals surface area contributed by atoms with Gasteiger partial charge in [-0.3, -0.25) is 14.4 Å². The zero-order chi connectivity index (χ0) is 17.7. The molecule has 0 bridgehead atoms. The summed E-state index contributed by atoms with van der Waals surface area (Å²) in [6.45, 7) is 1.51. The molecule has 0 unspecified atom stereocenters. The molecule has 0 spiro atoms. The van der Waals surface area contributed by atoms with Crippen LogP contribution in [0.5, 0.6) is 0 Å². The SMILES string of the molecule is CC(=O)c1ccc(NC(=O)CC2(CC(=O)N(C)C)CCCC2)cc1. The number of carbonyl (C=O) groups excluding carboxylic acids is 3. The summed E-state index contributed by atoms with van der Waals surface area (Å²) in [5.41, 5.74) is 1.08. The topological polar surface area (TPSA) is 66.5 Å². The van der Waals surface area contributed by atoms with Crippen LogP contribution in [0.15, 0.2) is 24.3 Å². The molecule has 1 aliphatic rings. The van der Waals surface area contributed by atoms with Crippen molar-refractivity contribution in [2.45, 2.75) is 45.4 Å². The van der Waals surface area contributed by atoms with Crippen molar-refractivity contribution in [3.8, 4) is 0 Å². The van der Waals surface area contributed by atoms with Crippen LogP contribution in [0.2, 0.25) is 0 Å². The Labute approximate surface area is 143 Å². The van der Waals surface area contributed by atoms with Crippen molar-refractivity contribution in [2.24, 2.45) is 5.41 Å². The van der Waals surface area contributed by atoms with Gasteiger partial charge in [-0.2, -0.15) is 0 Å². The molecule has 0 aromatic heterocycles. The molecule has 130 valence electrons. The Bertz CT molecular complexity index is 614. The molecule has 2 amide bonds. The third-order valence-electron chi connectivity index (χ3n) is 4.80. The number of rotatable bonds is 6. The second kappa shape index (κ2) is 7.60. The van der Waals surface area contributed by atoms with E-state index >= 15 is 0 Å². The van der Waals surface area contributed by atoms with Gasteiger partial charge in [0.25, 0.3) is 0 Å². The number of Topliss-reactive ketones (excluding diaryl/α,β-unsaturated/α-hetero) is 1. The van der Waals surface area contributed by atoms with E-state index in [1.54, 1.807) is 43.3 Å². The summed E-state index contributed by atoms with van der Waals surface area (Å²) in [5.74, 6) is 0.00882. The van der Waals surface area contributed by atoms with Gasteiger partial charge in [0.2, 0.25) is 11.8 Å². The lowest BCUT2D eigenvalue weighted by molar-refractivity contribution is -0.131. The fourth-order valence-corrected chi connectivity index (χ4v) is 3.35. The molecule has 1 aromatic carbocycles. The zero-order valence-electron chi connectivity index (χ0n) is 14.7. The molecule has 5 heteroatoms. The minimum absolute atomic E-state index is 0.0000158. The van der Waals surface area contributed by atoms with Crippen LogP contribution in [-0.4, -0.2) is 36.6 Å². The summed E-state index contributed by atoms with van der Waals surface area (Å²) < 4.78 is 0. The molecule has 1 fully saturated rings. The molecule has 1 aromatic rings. The highest BCUT2D eigenvalue weighted by molar-refractivity contribution is 5.95. The second-order valence-corrected chi connectivity index (χ2v) is 7.03. The van der Waals surface area contributed by atoms with Gasteiger partial charge in [-0.15, -0.1) is 0 Å². The predicted octanol–water partition coefficient (Wildman–Crippen LogP) is 3.26. The molecule has 0 saturated heterocycles. The van der Waals surface area contributed by atoms with Gasteiger partial charge >= 0.3 is 0 Å². The quantitative estimate of drug-likeness (QED) is 0.814. The number of nitrogens with zero attached hydrogens (tertiary/aromatic N) is 1. The highest BCUT2D eigenvalue weighted by atomic mass is 16.2. The van der Waals surface area contributed by atoms with Gasteiger partial charge in [0.1, 0.15) is 0 Å². The first-order valence-corrected chi connectivity index (χ1v) is 8.42. The van der Waals surface area contributed by atoms with E-state index in [-0.39, 0.29) is 23.0 Å². The van der Waals surface area contributed by atoms with Crippen LogP contribution in [-0.2, 0) is 9.59 Å². The lowest BCUT2D eigenvalue weighted by atomic mass is 9.78. The first kappa shape index (κ1) is 18.2. The van der Waals surface area contributed by atoms with Gasteiger partial charge < -0.3 is 10.2 Å². The monoisotopic (exact) mass is 330 g/mol. The van der Waals surface area contributed by atoms with Gasteiger partial charge in [-0.05, 0) is 49.4 Å². The molecular formula is C19H26N2O3. The number of ketones is 1. The number of hydrogen-bond acceptors (Lipinski definition) is 3. The molecule has 1 N–H and O–H groups in total. The van der Waals surface area contributed by atoms with Crippen LogP contribution in [0.4, 0.5) is 5.69 Å². The summed E-state index contributed by atoms with van der Waals surface area (Å²) in [5, 5.41) is 2.89. The Morgan fingerprint density at radius 2 is 1.62 bits per heavy atom. The van der Waals surface area contributed by atoms with Crippen LogP contribution >= 0.6 is 0 Å². The van der Waals surface area contributed by atoms with Crippen LogP contribution in [0.3, 0.4) is 0 Å². The maximum Gasteiger partial charge on any atom is 0.224 e. The molecular weight excluding hydrogens is 304 g/mol. The van der Waals surface area contributed by atoms with E-state index in [0.717, 1.165) is 25.7 Å². The fraction of sp³-hybridized carbons (Fsp3) is 0.526. The van der Waals surface area contributed by atoms with Crippen molar-refractivity contribution in [3.05, 3.63) is 29.8 Å². The van der Waals surface area contributed by atoms with Gasteiger partial charge in [-0.25, -0.2) is 0 Å². The lowest BCUT2D eigenvalue weighted by Gasteiger charge is -2.29. The lowest BCUT2D eigenvalue weighted by Crippen LogP contribution is -2.32. The van der Waals surface area contributed by atoms with Gasteiger partial charge in [0.05, 0.1) is 0 Å². The third-order valence-corrected chi connectivity index (χ3v) is 4.80. The minimum atomic E-state index is -0.217. The van der Waals surface area contributed by atoms with E-state index in [0.29, 0.717) is 24.1 Å². The fourth-order valence-electron chi connectivity index (χ4n) is 3.35. The molecule has 0 aliphatic heterocycles. The van der Waals surface area contributed by atoms with E-state index in [4.69, 9.17) is 0 Å². The van der Waals surface area contributed by atoms with Gasteiger partial charge in [0.15, 0.2) is 5.78 Å². The molecule has 5 nitrogen and oxygen atoms in total. The average Bonchev–Trinajstić information content (AvgIpc) is 2.95. The van der Waals surface area contributed by atoms with E-state index in [2.05, 4.69) is 5.32 Å². The third kappa shape index (κ3) is 4.66. The summed E-state index contributed by atoms with van der Waals surface area (Å²) >= 11 is 0. The predicted molar refractivity (Wildman–Crippen MR) is 93.9 cm³/mol. The summed E-state index contributed by atoms with van der Waals surface area (Å²) in [4.78, 5) is 37.4. The van der Waals surface area contributed by atoms with E-state index in [1.807, 2.05) is 0 Å². The Morgan fingerprint density at radius 3 is 2.12 bits per heavy atom. The Balaban J connectivity index is 2.00. The van der Waals surface area contributed by atoms with Gasteiger partial charge in [-0.1, -0.05) is 12.8 Å². The maximum absolute atomic E-state index is 12.4. The molecule has 24 heavy (non-hydrogen) atoms. The van der Waals surface area contributed by atoms with Gasteiger partial charge in [0, 0.05) is 38.2 Å². The van der Waals surface area contributed by atoms with Crippen molar-refractivity contribution in [1.82, 2.24) is 4.90 Å². The van der Waals surface area contributed by atoms with Crippen LogP contribution < -0.4 is 5.32 Å². The molecule has 0 radical (unpaired) electrons. The summed E-state index contributed by atoms with van der Waals surface area (Å²) in [7, 11) is 3.50. The van der Waals surface area contributed by atoms with E-state index < -0.39 is 0 Å². The highest BCUT2D eigenvalue weighted by Crippen LogP contribution is 2.44. The first-order chi connectivity index (χ1) is 11.3. The van der Waals surface area contributed by atoms with Crippen molar-refractivity contribution < 1.29 is 14.4 Å². The average molecular weight is 330 g/mol. The zero-order valence-corrected chi connectivity index (χ0v) is 14.7. The van der Waals surface area contributed by atoms with E-state index in [9.17, 15) is 14.4 Å². The second-order valence-electron chi connectivity index (χ2n) is 7.03. The number of anilines is 1. The normalized spacial score (nSPS) is 15.8. The minimum Gasteiger partial charge on any atom is -0.349 e. The molecule has 1 aliphatic carbocycles. The Morgan fingerprint density at radius 1 is 1.04 bits per heavy atom. The number of hydrogen-bond donors (Lipinski definition) is 1. The van der Waals surface area contributed by atoms with Crippen molar-refractivity contribution in [3.63, 3.8) is 0 Å². The summed E-state index contributed by atoms with van der Waals surface area (Å²) in [6.07, 6.45) is 4.77.